The number of carbonyl (C=O) groups excluding carboxylic acids is 1. The van der Waals surface area contributed by atoms with Gasteiger partial charge in [0.1, 0.15) is 0 Å². The lowest BCUT2D eigenvalue weighted by Gasteiger charge is -2.34. The van der Waals surface area contributed by atoms with E-state index >= 15 is 0 Å². The number of ketones is 1. The lowest BCUT2D eigenvalue weighted by Crippen LogP contribution is -2.46. The molecule has 1 aliphatic rings. The Morgan fingerprint density at radius 2 is 2.09 bits per heavy atom. The zero-order chi connectivity index (χ0) is 15.5. The van der Waals surface area contributed by atoms with Crippen molar-refractivity contribution in [3.8, 4) is 0 Å². The number of hydrogen-bond donors (Lipinski definition) is 1. The fourth-order valence-electron chi connectivity index (χ4n) is 2.79. The van der Waals surface area contributed by atoms with Crippen molar-refractivity contribution in [3.05, 3.63) is 53.3 Å². The summed E-state index contributed by atoms with van der Waals surface area (Å²) in [4.78, 5) is 22.6. The molecule has 0 bridgehead atoms. The summed E-state index contributed by atoms with van der Waals surface area (Å²) in [5.41, 5.74) is 2.61. The van der Waals surface area contributed by atoms with Gasteiger partial charge < -0.3 is 10.2 Å². The van der Waals surface area contributed by atoms with E-state index in [1.807, 2.05) is 13.0 Å². The van der Waals surface area contributed by atoms with Gasteiger partial charge in [-0.15, -0.1) is 0 Å². The molecule has 1 saturated heterocycles. The highest BCUT2D eigenvalue weighted by atomic mass is 16.1. The number of carbonyl (C=O) groups is 1. The Hall–Kier alpha value is -2.27. The standard InChI is InChI=1S/C17H20N4O/c1-12-15(13(2)22)10-19-17(20-12)21-9-8-18-16(11-21)14-6-4-3-5-7-14/h3-7,10,16,18H,8-9,11H2,1-2H3/t16-/m1/s1. The summed E-state index contributed by atoms with van der Waals surface area (Å²) in [6.45, 7) is 5.97. The van der Waals surface area contributed by atoms with Crippen LogP contribution in [0, 0.1) is 6.92 Å². The number of rotatable bonds is 3. The molecular formula is C17H20N4O. The maximum atomic E-state index is 11.5. The second-order valence-electron chi connectivity index (χ2n) is 5.59. The largest absolute Gasteiger partial charge is 0.338 e. The summed E-state index contributed by atoms with van der Waals surface area (Å²) >= 11 is 0. The number of benzene rings is 1. The first-order chi connectivity index (χ1) is 10.6. The number of nitrogens with zero attached hydrogens (tertiary/aromatic N) is 3. The molecule has 0 aliphatic carbocycles. The van der Waals surface area contributed by atoms with Crippen LogP contribution in [-0.4, -0.2) is 35.4 Å². The van der Waals surface area contributed by atoms with Gasteiger partial charge in [0.25, 0.3) is 0 Å². The Kier molecular flexibility index (Phi) is 4.15. The molecule has 0 unspecified atom stereocenters. The van der Waals surface area contributed by atoms with E-state index < -0.39 is 0 Å². The number of aromatic nitrogens is 2. The van der Waals surface area contributed by atoms with Gasteiger partial charge in [-0.25, -0.2) is 9.97 Å². The number of nitrogens with one attached hydrogen (secondary N) is 1. The molecule has 0 amide bonds. The molecule has 0 spiro atoms. The predicted molar refractivity (Wildman–Crippen MR) is 86.2 cm³/mol. The Labute approximate surface area is 130 Å². The van der Waals surface area contributed by atoms with Crippen molar-refractivity contribution in [1.82, 2.24) is 15.3 Å². The van der Waals surface area contributed by atoms with Crippen LogP contribution < -0.4 is 10.2 Å². The Balaban J connectivity index is 1.80. The Morgan fingerprint density at radius 1 is 1.32 bits per heavy atom. The molecule has 2 aromatic rings. The van der Waals surface area contributed by atoms with Crippen molar-refractivity contribution in [2.24, 2.45) is 0 Å². The number of piperazine rings is 1. The topological polar surface area (TPSA) is 58.1 Å². The molecule has 114 valence electrons. The first-order valence-corrected chi connectivity index (χ1v) is 7.53. The summed E-state index contributed by atoms with van der Waals surface area (Å²) in [5, 5.41) is 3.53. The first-order valence-electron chi connectivity index (χ1n) is 7.53. The van der Waals surface area contributed by atoms with Gasteiger partial charge in [-0.05, 0) is 19.4 Å². The minimum absolute atomic E-state index is 0.00604. The highest BCUT2D eigenvalue weighted by Crippen LogP contribution is 2.20. The summed E-state index contributed by atoms with van der Waals surface area (Å²) in [7, 11) is 0. The first kappa shape index (κ1) is 14.7. The van der Waals surface area contributed by atoms with E-state index in [4.69, 9.17) is 0 Å². The van der Waals surface area contributed by atoms with Crippen LogP contribution in [0.3, 0.4) is 0 Å². The number of anilines is 1. The second kappa shape index (κ2) is 6.23. The van der Waals surface area contributed by atoms with Crippen molar-refractivity contribution in [3.63, 3.8) is 0 Å². The summed E-state index contributed by atoms with van der Waals surface area (Å²) in [6.07, 6.45) is 1.64. The van der Waals surface area contributed by atoms with Gasteiger partial charge in [0.15, 0.2) is 5.78 Å². The van der Waals surface area contributed by atoms with Gasteiger partial charge >= 0.3 is 0 Å². The van der Waals surface area contributed by atoms with Crippen molar-refractivity contribution in [1.29, 1.82) is 0 Å². The van der Waals surface area contributed by atoms with Crippen LogP contribution in [0.1, 0.15) is 34.6 Å². The summed E-state index contributed by atoms with van der Waals surface area (Å²) in [5.74, 6) is 0.705. The van der Waals surface area contributed by atoms with Gasteiger partial charge in [0.2, 0.25) is 5.95 Å². The third-order valence-corrected chi connectivity index (χ3v) is 4.01. The van der Waals surface area contributed by atoms with Crippen LogP contribution in [-0.2, 0) is 0 Å². The molecule has 1 atom stereocenters. The number of hydrogen-bond acceptors (Lipinski definition) is 5. The lowest BCUT2D eigenvalue weighted by atomic mass is 10.0. The molecule has 1 aromatic heterocycles. The highest BCUT2D eigenvalue weighted by Gasteiger charge is 2.23. The van der Waals surface area contributed by atoms with E-state index in [9.17, 15) is 4.79 Å². The molecule has 2 heterocycles. The third-order valence-electron chi connectivity index (χ3n) is 4.01. The molecule has 5 nitrogen and oxygen atoms in total. The highest BCUT2D eigenvalue weighted by molar-refractivity contribution is 5.94. The van der Waals surface area contributed by atoms with E-state index in [-0.39, 0.29) is 11.8 Å². The van der Waals surface area contributed by atoms with Gasteiger partial charge in [-0.3, -0.25) is 4.79 Å². The normalized spacial score (nSPS) is 18.3. The number of Topliss-reactive ketones (excluding diaryl/α,β-unsaturated/α-hetero) is 1. The van der Waals surface area contributed by atoms with Crippen molar-refractivity contribution >= 4 is 11.7 Å². The average Bonchev–Trinajstić information content (AvgIpc) is 2.55. The van der Waals surface area contributed by atoms with Crippen LogP contribution >= 0.6 is 0 Å². The van der Waals surface area contributed by atoms with Crippen LogP contribution in [0.2, 0.25) is 0 Å². The van der Waals surface area contributed by atoms with E-state index in [1.54, 1.807) is 13.1 Å². The van der Waals surface area contributed by atoms with Gasteiger partial charge in [0.05, 0.1) is 11.3 Å². The van der Waals surface area contributed by atoms with Crippen molar-refractivity contribution < 1.29 is 4.79 Å². The third kappa shape index (κ3) is 2.99. The second-order valence-corrected chi connectivity index (χ2v) is 5.59. The van der Waals surface area contributed by atoms with Crippen molar-refractivity contribution in [2.75, 3.05) is 24.5 Å². The predicted octanol–water partition coefficient (Wildman–Crippen LogP) is 2.14. The lowest BCUT2D eigenvalue weighted by molar-refractivity contribution is 0.101. The minimum atomic E-state index is 0.00604. The van der Waals surface area contributed by atoms with Crippen LogP contribution in [0.5, 0.6) is 0 Å². The fourth-order valence-corrected chi connectivity index (χ4v) is 2.79. The van der Waals surface area contributed by atoms with Crippen LogP contribution in [0.25, 0.3) is 0 Å². The monoisotopic (exact) mass is 296 g/mol. The van der Waals surface area contributed by atoms with Crippen LogP contribution in [0.15, 0.2) is 36.5 Å². The van der Waals surface area contributed by atoms with E-state index in [0.29, 0.717) is 11.5 Å². The summed E-state index contributed by atoms with van der Waals surface area (Å²) in [6, 6.07) is 10.7. The van der Waals surface area contributed by atoms with Crippen molar-refractivity contribution in [2.45, 2.75) is 19.9 Å². The molecular weight excluding hydrogens is 276 g/mol. The van der Waals surface area contributed by atoms with E-state index in [0.717, 1.165) is 25.3 Å². The van der Waals surface area contributed by atoms with Gasteiger partial charge in [0, 0.05) is 31.9 Å². The van der Waals surface area contributed by atoms with Gasteiger partial charge in [-0.2, -0.15) is 0 Å². The molecule has 5 heteroatoms. The molecule has 22 heavy (non-hydrogen) atoms. The Morgan fingerprint density at radius 3 is 2.77 bits per heavy atom. The van der Waals surface area contributed by atoms with E-state index in [2.05, 4.69) is 44.5 Å². The smallest absolute Gasteiger partial charge is 0.225 e. The zero-order valence-electron chi connectivity index (χ0n) is 12.9. The summed E-state index contributed by atoms with van der Waals surface area (Å²) < 4.78 is 0. The van der Waals surface area contributed by atoms with Crippen LogP contribution in [0.4, 0.5) is 5.95 Å². The SMILES string of the molecule is CC(=O)c1cnc(N2CCN[C@@H](c3ccccc3)C2)nc1C. The molecule has 1 N–H and O–H groups in total. The maximum absolute atomic E-state index is 11.5. The number of aryl methyl sites for hydroxylation is 1. The Bertz CT molecular complexity index is 672. The molecule has 3 rings (SSSR count). The fraction of sp³-hybridized carbons (Fsp3) is 0.353. The molecule has 1 aliphatic heterocycles. The minimum Gasteiger partial charge on any atom is -0.338 e. The zero-order valence-corrected chi connectivity index (χ0v) is 12.9. The molecule has 0 radical (unpaired) electrons. The average molecular weight is 296 g/mol. The molecule has 1 aromatic carbocycles. The molecule has 0 saturated carbocycles. The molecule has 1 fully saturated rings. The van der Waals surface area contributed by atoms with Gasteiger partial charge in [-0.1, -0.05) is 30.3 Å². The maximum Gasteiger partial charge on any atom is 0.225 e. The van der Waals surface area contributed by atoms with E-state index in [1.165, 1.54) is 5.56 Å². The quantitative estimate of drug-likeness (QED) is 0.879.